The maximum absolute atomic E-state index is 11.5. The molecule has 0 aromatic carbocycles. The first kappa shape index (κ1) is 15.9. The minimum Gasteiger partial charge on any atom is -0.467 e. The first-order chi connectivity index (χ1) is 9.02. The molecule has 1 aliphatic rings. The van der Waals surface area contributed by atoms with Crippen molar-refractivity contribution in [3.8, 4) is 0 Å². The smallest absolute Gasteiger partial charge is 0.329 e. The monoisotopic (exact) mass is 271 g/mol. The van der Waals surface area contributed by atoms with E-state index < -0.39 is 12.0 Å². The zero-order chi connectivity index (χ0) is 14.3. The molecule has 1 rings (SSSR count). The number of carbonyl (C=O) groups excluding carboxylic acids is 2. The quantitative estimate of drug-likeness (QED) is 0.643. The Labute approximate surface area is 114 Å². The van der Waals surface area contributed by atoms with E-state index in [0.717, 1.165) is 19.6 Å². The van der Waals surface area contributed by atoms with Gasteiger partial charge in [0.2, 0.25) is 5.91 Å². The summed E-state index contributed by atoms with van der Waals surface area (Å²) in [6.07, 6.45) is 2.43. The molecule has 0 aliphatic carbocycles. The Morgan fingerprint density at radius 3 is 2.79 bits per heavy atom. The van der Waals surface area contributed by atoms with Crippen LogP contribution in [0.5, 0.6) is 0 Å². The molecule has 0 aromatic heterocycles. The van der Waals surface area contributed by atoms with Gasteiger partial charge in [-0.3, -0.25) is 4.79 Å². The fraction of sp³-hybridized carbons (Fsp3) is 0.846. The van der Waals surface area contributed by atoms with E-state index in [1.54, 1.807) is 0 Å². The summed E-state index contributed by atoms with van der Waals surface area (Å²) in [7, 11) is 3.45. The second-order valence-electron chi connectivity index (χ2n) is 5.21. The Bertz CT molecular complexity index is 310. The maximum Gasteiger partial charge on any atom is 0.329 e. The van der Waals surface area contributed by atoms with Gasteiger partial charge in [0, 0.05) is 20.0 Å². The van der Waals surface area contributed by atoms with Crippen LogP contribution >= 0.6 is 0 Å². The molecule has 1 aliphatic heterocycles. The van der Waals surface area contributed by atoms with Gasteiger partial charge in [0.15, 0.2) is 0 Å². The standard InChI is InChI=1S/C13H25N3O3/c1-10(17)15-12(13(18)19-3)8-14-7-11-5-4-6-16(2)9-11/h11-12,14H,4-9H2,1-3H3,(H,15,17). The minimum absolute atomic E-state index is 0.227. The molecule has 2 atom stereocenters. The molecule has 0 bridgehead atoms. The summed E-state index contributed by atoms with van der Waals surface area (Å²) in [4.78, 5) is 24.8. The second kappa shape index (κ2) is 8.12. The zero-order valence-electron chi connectivity index (χ0n) is 12.1. The van der Waals surface area contributed by atoms with Crippen LogP contribution in [0.15, 0.2) is 0 Å². The van der Waals surface area contributed by atoms with Gasteiger partial charge in [-0.1, -0.05) is 0 Å². The van der Waals surface area contributed by atoms with Crippen molar-refractivity contribution >= 4 is 11.9 Å². The summed E-state index contributed by atoms with van der Waals surface area (Å²) in [5.74, 6) is -0.0348. The number of amides is 1. The van der Waals surface area contributed by atoms with E-state index in [1.165, 1.54) is 26.9 Å². The Balaban J connectivity index is 2.30. The number of likely N-dealkylation sites (tertiary alicyclic amines) is 1. The third-order valence-corrected chi connectivity index (χ3v) is 3.37. The van der Waals surface area contributed by atoms with Crippen molar-refractivity contribution in [1.82, 2.24) is 15.5 Å². The molecule has 1 amide bonds. The lowest BCUT2D eigenvalue weighted by Crippen LogP contribution is -2.48. The highest BCUT2D eigenvalue weighted by Gasteiger charge is 2.21. The van der Waals surface area contributed by atoms with Crippen molar-refractivity contribution in [2.45, 2.75) is 25.8 Å². The first-order valence-electron chi connectivity index (χ1n) is 6.77. The van der Waals surface area contributed by atoms with Crippen molar-refractivity contribution in [2.75, 3.05) is 40.3 Å². The van der Waals surface area contributed by atoms with E-state index >= 15 is 0 Å². The minimum atomic E-state index is -0.608. The van der Waals surface area contributed by atoms with Crippen molar-refractivity contribution in [3.05, 3.63) is 0 Å². The number of nitrogens with one attached hydrogen (secondary N) is 2. The molecule has 2 unspecified atom stereocenters. The van der Waals surface area contributed by atoms with Crippen LogP contribution in [0.3, 0.4) is 0 Å². The predicted octanol–water partition coefficient (Wildman–Crippen LogP) is -0.404. The average Bonchev–Trinajstić information content (AvgIpc) is 2.36. The largest absolute Gasteiger partial charge is 0.467 e. The fourth-order valence-corrected chi connectivity index (χ4v) is 2.45. The average molecular weight is 271 g/mol. The second-order valence-corrected chi connectivity index (χ2v) is 5.21. The van der Waals surface area contributed by atoms with Gasteiger partial charge < -0.3 is 20.3 Å². The molecular weight excluding hydrogens is 246 g/mol. The van der Waals surface area contributed by atoms with Crippen LogP contribution in [-0.2, 0) is 14.3 Å². The maximum atomic E-state index is 11.5. The number of hydrogen-bond donors (Lipinski definition) is 2. The molecule has 0 aromatic rings. The van der Waals surface area contributed by atoms with Gasteiger partial charge in [-0.15, -0.1) is 0 Å². The zero-order valence-corrected chi connectivity index (χ0v) is 12.1. The van der Waals surface area contributed by atoms with Crippen molar-refractivity contribution in [3.63, 3.8) is 0 Å². The van der Waals surface area contributed by atoms with Crippen molar-refractivity contribution in [2.24, 2.45) is 5.92 Å². The third-order valence-electron chi connectivity index (χ3n) is 3.37. The lowest BCUT2D eigenvalue weighted by molar-refractivity contribution is -0.144. The third kappa shape index (κ3) is 6.02. The van der Waals surface area contributed by atoms with Crippen LogP contribution in [0.25, 0.3) is 0 Å². The number of methoxy groups -OCH3 is 1. The summed E-state index contributed by atoms with van der Waals surface area (Å²) in [5, 5.41) is 5.84. The molecule has 2 N–H and O–H groups in total. The predicted molar refractivity (Wildman–Crippen MR) is 72.7 cm³/mol. The van der Waals surface area contributed by atoms with Gasteiger partial charge in [-0.2, -0.15) is 0 Å². The van der Waals surface area contributed by atoms with Crippen molar-refractivity contribution < 1.29 is 14.3 Å². The number of esters is 1. The highest BCUT2D eigenvalue weighted by atomic mass is 16.5. The number of piperidine rings is 1. The van der Waals surface area contributed by atoms with Crippen LogP contribution in [0.1, 0.15) is 19.8 Å². The normalized spacial score (nSPS) is 21.7. The molecule has 19 heavy (non-hydrogen) atoms. The lowest BCUT2D eigenvalue weighted by Gasteiger charge is -2.30. The highest BCUT2D eigenvalue weighted by molar-refractivity contribution is 5.83. The molecule has 0 spiro atoms. The SMILES string of the molecule is COC(=O)C(CNCC1CCCN(C)C1)NC(C)=O. The van der Waals surface area contributed by atoms with Crippen LogP contribution in [0.2, 0.25) is 0 Å². The van der Waals surface area contributed by atoms with E-state index in [-0.39, 0.29) is 5.91 Å². The summed E-state index contributed by atoms with van der Waals surface area (Å²) in [6, 6.07) is -0.608. The molecule has 6 nitrogen and oxygen atoms in total. The fourth-order valence-electron chi connectivity index (χ4n) is 2.45. The van der Waals surface area contributed by atoms with Crippen LogP contribution in [-0.4, -0.2) is 63.2 Å². The molecule has 6 heteroatoms. The topological polar surface area (TPSA) is 70.7 Å². The summed E-state index contributed by atoms with van der Waals surface area (Å²) >= 11 is 0. The molecule has 1 saturated heterocycles. The van der Waals surface area contributed by atoms with E-state index in [9.17, 15) is 9.59 Å². The number of carbonyl (C=O) groups is 2. The summed E-state index contributed by atoms with van der Waals surface area (Å²) in [6.45, 7) is 4.90. The van der Waals surface area contributed by atoms with Gasteiger partial charge in [-0.05, 0) is 38.9 Å². The van der Waals surface area contributed by atoms with E-state index in [0.29, 0.717) is 12.5 Å². The molecule has 110 valence electrons. The molecule has 0 saturated carbocycles. The van der Waals surface area contributed by atoms with E-state index in [2.05, 4.69) is 27.3 Å². The molecular formula is C13H25N3O3. The Morgan fingerprint density at radius 2 is 2.21 bits per heavy atom. The van der Waals surface area contributed by atoms with Crippen LogP contribution in [0, 0.1) is 5.92 Å². The van der Waals surface area contributed by atoms with Gasteiger partial charge in [0.05, 0.1) is 7.11 Å². The van der Waals surface area contributed by atoms with Gasteiger partial charge >= 0.3 is 5.97 Å². The highest BCUT2D eigenvalue weighted by Crippen LogP contribution is 2.13. The van der Waals surface area contributed by atoms with Crippen LogP contribution in [0.4, 0.5) is 0 Å². The molecule has 1 heterocycles. The Morgan fingerprint density at radius 1 is 1.47 bits per heavy atom. The van der Waals surface area contributed by atoms with Crippen LogP contribution < -0.4 is 10.6 Å². The van der Waals surface area contributed by atoms with E-state index in [1.807, 2.05) is 0 Å². The van der Waals surface area contributed by atoms with Gasteiger partial charge in [-0.25, -0.2) is 4.79 Å². The first-order valence-corrected chi connectivity index (χ1v) is 6.77. The molecule has 1 fully saturated rings. The van der Waals surface area contributed by atoms with Gasteiger partial charge in [0.1, 0.15) is 6.04 Å². The Hall–Kier alpha value is -1.14. The molecule has 0 radical (unpaired) electrons. The number of hydrogen-bond acceptors (Lipinski definition) is 5. The number of nitrogens with zero attached hydrogens (tertiary/aromatic N) is 1. The van der Waals surface area contributed by atoms with Gasteiger partial charge in [0.25, 0.3) is 0 Å². The summed E-state index contributed by atoms with van der Waals surface area (Å²) in [5.41, 5.74) is 0. The summed E-state index contributed by atoms with van der Waals surface area (Å²) < 4.78 is 4.67. The van der Waals surface area contributed by atoms with E-state index in [4.69, 9.17) is 0 Å². The van der Waals surface area contributed by atoms with Crippen molar-refractivity contribution in [1.29, 1.82) is 0 Å². The Kier molecular flexibility index (Phi) is 6.80. The number of rotatable bonds is 6. The lowest BCUT2D eigenvalue weighted by atomic mass is 9.98. The number of ether oxygens (including phenoxy) is 1.